The molecule has 2 aromatic rings. The summed E-state index contributed by atoms with van der Waals surface area (Å²) in [6.07, 6.45) is 1.37. The Morgan fingerprint density at radius 2 is 1.54 bits per heavy atom. The summed E-state index contributed by atoms with van der Waals surface area (Å²) < 4.78 is 22.9. The molecule has 0 spiro atoms. The molecule has 1 aliphatic heterocycles. The van der Waals surface area contributed by atoms with E-state index in [0.29, 0.717) is 5.56 Å². The zero-order valence-electron chi connectivity index (χ0n) is 14.4. The summed E-state index contributed by atoms with van der Waals surface area (Å²) in [5.74, 6) is -0.691. The Bertz CT molecular complexity index is 913. The van der Waals surface area contributed by atoms with Crippen molar-refractivity contribution < 1.29 is 18.0 Å². The molecule has 1 saturated heterocycles. The van der Waals surface area contributed by atoms with Gasteiger partial charge in [-0.1, -0.05) is 60.7 Å². The maximum atomic E-state index is 13.2. The Morgan fingerprint density at radius 1 is 0.962 bits per heavy atom. The van der Waals surface area contributed by atoms with Crippen LogP contribution in [-0.4, -0.2) is 43.8 Å². The van der Waals surface area contributed by atoms with Gasteiger partial charge in [0.2, 0.25) is 0 Å². The second-order valence-electron chi connectivity index (χ2n) is 6.45. The van der Waals surface area contributed by atoms with Gasteiger partial charge >= 0.3 is 6.03 Å². The lowest BCUT2D eigenvalue weighted by Crippen LogP contribution is -2.46. The van der Waals surface area contributed by atoms with Crippen LogP contribution in [0.3, 0.4) is 0 Å². The van der Waals surface area contributed by atoms with E-state index in [0.717, 1.165) is 16.7 Å². The van der Waals surface area contributed by atoms with E-state index in [1.54, 1.807) is 24.3 Å². The van der Waals surface area contributed by atoms with Gasteiger partial charge in [-0.15, -0.1) is 0 Å². The van der Waals surface area contributed by atoms with Crippen molar-refractivity contribution in [3.8, 4) is 0 Å². The normalized spacial score (nSPS) is 20.3. The molecule has 0 aromatic heterocycles. The quantitative estimate of drug-likeness (QED) is 0.783. The summed E-state index contributed by atoms with van der Waals surface area (Å²) in [4.78, 5) is 26.7. The third-order valence-electron chi connectivity index (χ3n) is 4.44. The van der Waals surface area contributed by atoms with Crippen molar-refractivity contribution in [2.45, 2.75) is 12.0 Å². The van der Waals surface area contributed by atoms with Crippen LogP contribution in [0.4, 0.5) is 4.79 Å². The number of nitrogens with one attached hydrogen (secondary N) is 1. The smallest absolute Gasteiger partial charge is 0.319 e. The van der Waals surface area contributed by atoms with Crippen LogP contribution in [-0.2, 0) is 26.6 Å². The molecular formula is C19H20N2O4S. The summed E-state index contributed by atoms with van der Waals surface area (Å²) in [6, 6.07) is 17.9. The van der Waals surface area contributed by atoms with E-state index in [4.69, 9.17) is 0 Å². The first-order valence-corrected chi connectivity index (χ1v) is 10.3. The van der Waals surface area contributed by atoms with Crippen LogP contribution in [0, 0.1) is 0 Å². The van der Waals surface area contributed by atoms with Crippen molar-refractivity contribution in [3.63, 3.8) is 0 Å². The van der Waals surface area contributed by atoms with E-state index in [-0.39, 0.29) is 18.7 Å². The predicted octanol–water partition coefficient (Wildman–Crippen LogP) is 1.72. The number of imide groups is 1. The van der Waals surface area contributed by atoms with E-state index in [1.165, 1.54) is 0 Å². The first-order valence-electron chi connectivity index (χ1n) is 8.23. The molecule has 3 rings (SSSR count). The van der Waals surface area contributed by atoms with E-state index in [1.807, 2.05) is 36.4 Å². The molecule has 7 heteroatoms. The van der Waals surface area contributed by atoms with Crippen LogP contribution in [0.2, 0.25) is 0 Å². The number of hydrogen-bond acceptors (Lipinski definition) is 4. The molecule has 6 nitrogen and oxygen atoms in total. The topological polar surface area (TPSA) is 83.6 Å². The van der Waals surface area contributed by atoms with Crippen molar-refractivity contribution >= 4 is 21.8 Å². The number of amides is 3. The average molecular weight is 372 g/mol. The third-order valence-corrected chi connectivity index (χ3v) is 5.36. The maximum absolute atomic E-state index is 13.2. The molecule has 2 aromatic carbocycles. The largest absolute Gasteiger partial charge is 0.325 e. The van der Waals surface area contributed by atoms with Crippen molar-refractivity contribution in [2.24, 2.45) is 0 Å². The molecule has 1 atom stereocenters. The second-order valence-corrected chi connectivity index (χ2v) is 8.71. The number of sulfone groups is 1. The van der Waals surface area contributed by atoms with Gasteiger partial charge in [0.25, 0.3) is 5.91 Å². The van der Waals surface area contributed by atoms with E-state index in [9.17, 15) is 18.0 Å². The SMILES string of the molecule is CS(=O)(=O)CCN1C(=O)N[C@](Cc2ccccc2)(c2ccccc2)C1=O. The second kappa shape index (κ2) is 6.92. The van der Waals surface area contributed by atoms with Gasteiger partial charge in [-0.2, -0.15) is 0 Å². The Balaban J connectivity index is 1.99. The van der Waals surface area contributed by atoms with Crippen LogP contribution < -0.4 is 5.32 Å². The molecule has 136 valence electrons. The molecular weight excluding hydrogens is 352 g/mol. The van der Waals surface area contributed by atoms with E-state index in [2.05, 4.69) is 5.32 Å². The van der Waals surface area contributed by atoms with Gasteiger partial charge in [0.05, 0.1) is 5.75 Å². The molecule has 1 heterocycles. The van der Waals surface area contributed by atoms with Crippen LogP contribution >= 0.6 is 0 Å². The van der Waals surface area contributed by atoms with Gasteiger partial charge in [-0.05, 0) is 11.1 Å². The zero-order valence-corrected chi connectivity index (χ0v) is 15.2. The molecule has 0 unspecified atom stereocenters. The zero-order chi connectivity index (χ0) is 18.8. The molecule has 26 heavy (non-hydrogen) atoms. The number of nitrogens with zero attached hydrogens (tertiary/aromatic N) is 1. The summed E-state index contributed by atoms with van der Waals surface area (Å²) in [5.41, 5.74) is 0.330. The standard InChI is InChI=1S/C19H20N2O4S/c1-26(24,25)13-12-21-17(22)19(20-18(21)23,16-10-6-3-7-11-16)14-15-8-4-2-5-9-15/h2-11H,12-14H2,1H3,(H,20,23)/t19-/m1/s1. The predicted molar refractivity (Wildman–Crippen MR) is 98.2 cm³/mol. The first kappa shape index (κ1) is 18.1. The van der Waals surface area contributed by atoms with Gasteiger partial charge in [0.15, 0.2) is 5.54 Å². The van der Waals surface area contributed by atoms with Gasteiger partial charge in [0.1, 0.15) is 9.84 Å². The van der Waals surface area contributed by atoms with Gasteiger partial charge in [-0.3, -0.25) is 9.69 Å². The molecule has 3 amide bonds. The summed E-state index contributed by atoms with van der Waals surface area (Å²) >= 11 is 0. The van der Waals surface area contributed by atoms with Crippen molar-refractivity contribution in [1.29, 1.82) is 0 Å². The minimum Gasteiger partial charge on any atom is -0.319 e. The van der Waals surface area contributed by atoms with Crippen molar-refractivity contribution in [2.75, 3.05) is 18.6 Å². The minimum absolute atomic E-state index is 0.160. The molecule has 1 fully saturated rings. The fourth-order valence-corrected chi connectivity index (χ4v) is 3.64. The monoisotopic (exact) mass is 372 g/mol. The lowest BCUT2D eigenvalue weighted by molar-refractivity contribution is -0.131. The number of urea groups is 1. The number of carbonyl (C=O) groups is 2. The average Bonchev–Trinajstić information content (AvgIpc) is 2.85. The highest BCUT2D eigenvalue weighted by molar-refractivity contribution is 7.90. The number of benzene rings is 2. The number of rotatable bonds is 6. The summed E-state index contributed by atoms with van der Waals surface area (Å²) in [6.45, 7) is -0.160. The molecule has 0 aliphatic carbocycles. The Morgan fingerprint density at radius 3 is 2.12 bits per heavy atom. The Kier molecular flexibility index (Phi) is 4.82. The third kappa shape index (κ3) is 3.62. The lowest BCUT2D eigenvalue weighted by Gasteiger charge is -2.27. The molecule has 0 radical (unpaired) electrons. The van der Waals surface area contributed by atoms with E-state index < -0.39 is 27.3 Å². The van der Waals surface area contributed by atoms with Crippen LogP contribution in [0.1, 0.15) is 11.1 Å². The summed E-state index contributed by atoms with van der Waals surface area (Å²) in [7, 11) is -3.29. The highest BCUT2D eigenvalue weighted by Gasteiger charge is 2.52. The number of carbonyl (C=O) groups excluding carboxylic acids is 2. The van der Waals surface area contributed by atoms with E-state index >= 15 is 0 Å². The summed E-state index contributed by atoms with van der Waals surface area (Å²) in [5, 5.41) is 2.81. The molecule has 1 N–H and O–H groups in total. The fraction of sp³-hybridized carbons (Fsp3) is 0.263. The van der Waals surface area contributed by atoms with Crippen molar-refractivity contribution in [1.82, 2.24) is 10.2 Å². The highest BCUT2D eigenvalue weighted by Crippen LogP contribution is 2.32. The van der Waals surface area contributed by atoms with Gasteiger partial charge in [0, 0.05) is 19.2 Å². The minimum atomic E-state index is -3.29. The molecule has 0 bridgehead atoms. The van der Waals surface area contributed by atoms with Gasteiger partial charge < -0.3 is 5.32 Å². The molecule has 0 saturated carbocycles. The molecule has 1 aliphatic rings. The Labute approximate surface area is 152 Å². The first-order chi connectivity index (χ1) is 12.3. The van der Waals surface area contributed by atoms with Crippen LogP contribution in [0.15, 0.2) is 60.7 Å². The highest BCUT2D eigenvalue weighted by atomic mass is 32.2. The van der Waals surface area contributed by atoms with Gasteiger partial charge in [-0.25, -0.2) is 13.2 Å². The maximum Gasteiger partial charge on any atom is 0.325 e. The van der Waals surface area contributed by atoms with Crippen molar-refractivity contribution in [3.05, 3.63) is 71.8 Å². The fourth-order valence-electron chi connectivity index (χ4n) is 3.13. The van der Waals surface area contributed by atoms with Crippen LogP contribution in [0.25, 0.3) is 0 Å². The Hall–Kier alpha value is -2.67. The van der Waals surface area contributed by atoms with Crippen LogP contribution in [0.5, 0.6) is 0 Å². The number of hydrogen-bond donors (Lipinski definition) is 1. The lowest BCUT2D eigenvalue weighted by atomic mass is 9.83.